The second-order valence-corrected chi connectivity index (χ2v) is 2.31. The van der Waals surface area contributed by atoms with Gasteiger partial charge in [-0.1, -0.05) is 0 Å². The van der Waals surface area contributed by atoms with Crippen LogP contribution >= 0.6 is 0 Å². The van der Waals surface area contributed by atoms with Crippen LogP contribution in [0.5, 0.6) is 0 Å². The Morgan fingerprint density at radius 3 is 2.64 bits per heavy atom. The molecular formula is C8H3F3N2O. The average Bonchev–Trinajstić information content (AvgIpc) is 2.16. The smallest absolute Gasteiger partial charge is 0.267 e. The SMILES string of the molecule is N#Cc1ncc(F)c(C(F)F)c1C=O. The number of alkyl halides is 2. The summed E-state index contributed by atoms with van der Waals surface area (Å²) < 4.78 is 37.3. The lowest BCUT2D eigenvalue weighted by Crippen LogP contribution is -2.03. The molecule has 0 bridgehead atoms. The van der Waals surface area contributed by atoms with Gasteiger partial charge in [0.1, 0.15) is 6.07 Å². The predicted molar refractivity (Wildman–Crippen MR) is 39.3 cm³/mol. The fourth-order valence-corrected chi connectivity index (χ4v) is 0.947. The molecule has 3 nitrogen and oxygen atoms in total. The number of aldehydes is 1. The number of halogens is 3. The molecule has 0 aromatic carbocycles. The zero-order valence-electron chi connectivity index (χ0n) is 6.67. The Balaban J connectivity index is 3.52. The van der Waals surface area contributed by atoms with Gasteiger partial charge in [0.05, 0.1) is 17.3 Å². The third-order valence-electron chi connectivity index (χ3n) is 1.55. The van der Waals surface area contributed by atoms with Crippen LogP contribution in [-0.4, -0.2) is 11.3 Å². The fraction of sp³-hybridized carbons (Fsp3) is 0.125. The first-order valence-electron chi connectivity index (χ1n) is 3.43. The Hall–Kier alpha value is -1.90. The molecule has 0 unspecified atom stereocenters. The second kappa shape index (κ2) is 3.87. The Labute approximate surface area is 76.8 Å². The normalized spacial score (nSPS) is 9.93. The lowest BCUT2D eigenvalue weighted by atomic mass is 10.1. The fourth-order valence-electron chi connectivity index (χ4n) is 0.947. The van der Waals surface area contributed by atoms with Crippen molar-refractivity contribution in [3.05, 3.63) is 28.8 Å². The van der Waals surface area contributed by atoms with Crippen LogP contribution in [0.4, 0.5) is 13.2 Å². The summed E-state index contributed by atoms with van der Waals surface area (Å²) in [5.74, 6) is -1.29. The third kappa shape index (κ3) is 1.57. The number of carbonyl (C=O) groups excluding carboxylic acids is 1. The molecule has 0 saturated heterocycles. The van der Waals surface area contributed by atoms with Crippen molar-refractivity contribution in [1.82, 2.24) is 4.98 Å². The third-order valence-corrected chi connectivity index (χ3v) is 1.55. The molecule has 0 spiro atoms. The van der Waals surface area contributed by atoms with E-state index in [9.17, 15) is 18.0 Å². The average molecular weight is 200 g/mol. The first-order valence-corrected chi connectivity index (χ1v) is 3.43. The van der Waals surface area contributed by atoms with Gasteiger partial charge in [-0.15, -0.1) is 0 Å². The standard InChI is InChI=1S/C8H3F3N2O/c9-5-2-13-6(1-12)4(3-14)7(5)8(10)11/h2-3,8H. The minimum atomic E-state index is -3.15. The Kier molecular flexibility index (Phi) is 2.82. The van der Waals surface area contributed by atoms with E-state index >= 15 is 0 Å². The lowest BCUT2D eigenvalue weighted by molar-refractivity contribution is 0.110. The highest BCUT2D eigenvalue weighted by Gasteiger charge is 2.21. The summed E-state index contributed by atoms with van der Waals surface area (Å²) in [5, 5.41) is 8.41. The van der Waals surface area contributed by atoms with Gasteiger partial charge in [0.2, 0.25) is 0 Å². The molecule has 1 rings (SSSR count). The first-order chi connectivity index (χ1) is 6.61. The second-order valence-electron chi connectivity index (χ2n) is 2.31. The van der Waals surface area contributed by atoms with Crippen LogP contribution in [0.3, 0.4) is 0 Å². The summed E-state index contributed by atoms with van der Waals surface area (Å²) in [6, 6.07) is 1.43. The molecule has 1 aromatic heterocycles. The highest BCUT2D eigenvalue weighted by atomic mass is 19.3. The number of rotatable bonds is 2. The summed E-state index contributed by atoms with van der Waals surface area (Å²) in [5.41, 5.74) is -2.27. The van der Waals surface area contributed by atoms with Gasteiger partial charge in [0.25, 0.3) is 6.43 Å². The summed E-state index contributed by atoms with van der Waals surface area (Å²) in [6.07, 6.45) is -2.66. The molecule has 14 heavy (non-hydrogen) atoms. The van der Waals surface area contributed by atoms with Crippen molar-refractivity contribution in [3.63, 3.8) is 0 Å². The van der Waals surface area contributed by atoms with E-state index in [1.807, 2.05) is 0 Å². The summed E-state index contributed by atoms with van der Waals surface area (Å²) >= 11 is 0. The minimum absolute atomic E-state index is 0.00384. The molecule has 0 radical (unpaired) electrons. The molecule has 0 aliphatic carbocycles. The predicted octanol–water partition coefficient (Wildman–Crippen LogP) is 1.84. The minimum Gasteiger partial charge on any atom is -0.298 e. The zero-order chi connectivity index (χ0) is 10.7. The van der Waals surface area contributed by atoms with Crippen molar-refractivity contribution in [2.24, 2.45) is 0 Å². The van der Waals surface area contributed by atoms with Crippen LogP contribution in [0.15, 0.2) is 6.20 Å². The van der Waals surface area contributed by atoms with E-state index in [1.165, 1.54) is 6.07 Å². The molecule has 72 valence electrons. The highest BCUT2D eigenvalue weighted by Crippen LogP contribution is 2.25. The molecule has 0 fully saturated rings. The van der Waals surface area contributed by atoms with Crippen LogP contribution in [0.25, 0.3) is 0 Å². The number of nitrogens with zero attached hydrogens (tertiary/aromatic N) is 2. The maximum atomic E-state index is 12.8. The molecule has 0 atom stereocenters. The summed E-state index contributed by atoms with van der Waals surface area (Å²) in [6.45, 7) is 0. The monoisotopic (exact) mass is 200 g/mol. The van der Waals surface area contributed by atoms with E-state index < -0.39 is 29.1 Å². The molecule has 0 aliphatic heterocycles. The van der Waals surface area contributed by atoms with Gasteiger partial charge in [-0.25, -0.2) is 18.2 Å². The van der Waals surface area contributed by atoms with E-state index in [-0.39, 0.29) is 6.29 Å². The van der Waals surface area contributed by atoms with Gasteiger partial charge in [-0.05, 0) is 0 Å². The molecule has 1 aromatic rings. The largest absolute Gasteiger partial charge is 0.298 e. The Morgan fingerprint density at radius 1 is 1.57 bits per heavy atom. The van der Waals surface area contributed by atoms with Crippen molar-refractivity contribution in [3.8, 4) is 6.07 Å². The summed E-state index contributed by atoms with van der Waals surface area (Å²) in [7, 11) is 0. The van der Waals surface area contributed by atoms with E-state index in [2.05, 4.69) is 4.98 Å². The van der Waals surface area contributed by atoms with Crippen LogP contribution in [0.1, 0.15) is 28.0 Å². The number of pyridine rings is 1. The van der Waals surface area contributed by atoms with Gasteiger partial charge in [0.15, 0.2) is 17.8 Å². The Bertz CT molecular complexity index is 412. The molecule has 0 saturated carbocycles. The van der Waals surface area contributed by atoms with Crippen molar-refractivity contribution in [2.45, 2.75) is 6.43 Å². The van der Waals surface area contributed by atoms with Crippen molar-refractivity contribution in [1.29, 1.82) is 5.26 Å². The number of nitriles is 1. The zero-order valence-corrected chi connectivity index (χ0v) is 6.67. The quantitative estimate of drug-likeness (QED) is 0.684. The maximum absolute atomic E-state index is 12.8. The van der Waals surface area contributed by atoms with E-state index in [1.54, 1.807) is 0 Å². The first kappa shape index (κ1) is 10.2. The van der Waals surface area contributed by atoms with E-state index in [0.29, 0.717) is 6.20 Å². The molecule has 0 aliphatic rings. The van der Waals surface area contributed by atoms with Gasteiger partial charge in [-0.3, -0.25) is 4.79 Å². The van der Waals surface area contributed by atoms with E-state index in [0.717, 1.165) is 0 Å². The van der Waals surface area contributed by atoms with E-state index in [4.69, 9.17) is 5.26 Å². The Morgan fingerprint density at radius 2 is 2.21 bits per heavy atom. The van der Waals surface area contributed by atoms with Crippen molar-refractivity contribution in [2.75, 3.05) is 0 Å². The van der Waals surface area contributed by atoms with Crippen LogP contribution in [0.2, 0.25) is 0 Å². The highest BCUT2D eigenvalue weighted by molar-refractivity contribution is 5.80. The van der Waals surface area contributed by atoms with Gasteiger partial charge >= 0.3 is 0 Å². The molecular weight excluding hydrogens is 197 g/mol. The topological polar surface area (TPSA) is 53.8 Å². The molecule has 0 amide bonds. The van der Waals surface area contributed by atoms with Crippen molar-refractivity contribution < 1.29 is 18.0 Å². The number of hydrogen-bond acceptors (Lipinski definition) is 3. The number of hydrogen-bond donors (Lipinski definition) is 0. The summed E-state index contributed by atoms with van der Waals surface area (Å²) in [4.78, 5) is 13.6. The lowest BCUT2D eigenvalue weighted by Gasteiger charge is -2.04. The molecule has 0 N–H and O–H groups in total. The van der Waals surface area contributed by atoms with Crippen LogP contribution in [0, 0.1) is 17.1 Å². The number of aromatic nitrogens is 1. The molecule has 6 heteroatoms. The van der Waals surface area contributed by atoms with Gasteiger partial charge in [0, 0.05) is 0 Å². The van der Waals surface area contributed by atoms with Crippen molar-refractivity contribution >= 4 is 6.29 Å². The number of carbonyl (C=O) groups is 1. The molecule has 1 heterocycles. The maximum Gasteiger partial charge on any atom is 0.267 e. The van der Waals surface area contributed by atoms with Gasteiger partial charge < -0.3 is 0 Å². The van der Waals surface area contributed by atoms with Crippen LogP contribution < -0.4 is 0 Å². The van der Waals surface area contributed by atoms with Crippen LogP contribution in [-0.2, 0) is 0 Å². The van der Waals surface area contributed by atoms with Gasteiger partial charge in [-0.2, -0.15) is 5.26 Å².